The summed E-state index contributed by atoms with van der Waals surface area (Å²) in [5, 5.41) is 6.56. The summed E-state index contributed by atoms with van der Waals surface area (Å²) in [5.41, 5.74) is 1.93. The number of morpholine rings is 1. The van der Waals surface area contributed by atoms with Crippen LogP contribution in [0.3, 0.4) is 0 Å². The zero-order valence-corrected chi connectivity index (χ0v) is 16.0. The number of hydrogen-bond donors (Lipinski definition) is 2. The zero-order chi connectivity index (χ0) is 19.2. The molecule has 0 aromatic heterocycles. The summed E-state index contributed by atoms with van der Waals surface area (Å²) in [5.74, 6) is -0.232. The summed E-state index contributed by atoms with van der Waals surface area (Å²) in [7, 11) is 0. The molecule has 0 radical (unpaired) electrons. The van der Waals surface area contributed by atoms with E-state index in [0.29, 0.717) is 47.6 Å². The maximum atomic E-state index is 12.4. The van der Waals surface area contributed by atoms with Gasteiger partial charge >= 0.3 is 0 Å². The number of ether oxygens (including phenoxy) is 1. The number of nitrogens with zero attached hydrogens (tertiary/aromatic N) is 1. The Kier molecular flexibility index (Phi) is 6.55. The Hall–Kier alpha value is -2.28. The predicted octanol–water partition coefficient (Wildman–Crippen LogP) is 3.52. The van der Waals surface area contributed by atoms with Crippen LogP contribution in [-0.2, 0) is 9.53 Å². The monoisotopic (exact) mass is 407 g/mol. The van der Waals surface area contributed by atoms with Gasteiger partial charge in [0.1, 0.15) is 0 Å². The quantitative estimate of drug-likeness (QED) is 0.795. The van der Waals surface area contributed by atoms with E-state index in [1.807, 2.05) is 0 Å². The molecule has 2 N–H and O–H groups in total. The van der Waals surface area contributed by atoms with Crippen molar-refractivity contribution in [3.05, 3.63) is 58.1 Å². The highest BCUT2D eigenvalue weighted by atomic mass is 35.5. The Bertz CT molecular complexity index is 821. The molecule has 8 heteroatoms. The smallest absolute Gasteiger partial charge is 0.254 e. The van der Waals surface area contributed by atoms with E-state index in [2.05, 4.69) is 10.6 Å². The normalized spacial score (nSPS) is 13.9. The van der Waals surface area contributed by atoms with Gasteiger partial charge in [-0.25, -0.2) is 0 Å². The fraction of sp³-hybridized carbons (Fsp3) is 0.263. The summed E-state index contributed by atoms with van der Waals surface area (Å²) >= 11 is 11.8. The average Bonchev–Trinajstić information content (AvgIpc) is 2.70. The Balaban J connectivity index is 1.51. The van der Waals surface area contributed by atoms with Crippen molar-refractivity contribution in [2.24, 2.45) is 0 Å². The molecule has 27 heavy (non-hydrogen) atoms. The topological polar surface area (TPSA) is 70.7 Å². The van der Waals surface area contributed by atoms with E-state index >= 15 is 0 Å². The van der Waals surface area contributed by atoms with E-state index in [4.69, 9.17) is 27.9 Å². The molecule has 2 aromatic rings. The van der Waals surface area contributed by atoms with Crippen LogP contribution < -0.4 is 10.6 Å². The number of carbonyl (C=O) groups is 2. The maximum Gasteiger partial charge on any atom is 0.254 e. The van der Waals surface area contributed by atoms with Crippen LogP contribution in [0.5, 0.6) is 0 Å². The van der Waals surface area contributed by atoms with E-state index in [9.17, 15) is 9.59 Å². The molecule has 0 bridgehead atoms. The molecule has 0 saturated carbocycles. The number of anilines is 2. The minimum absolute atomic E-state index is 0.0118. The van der Waals surface area contributed by atoms with Gasteiger partial charge in [-0.2, -0.15) is 0 Å². The van der Waals surface area contributed by atoms with Crippen molar-refractivity contribution in [2.75, 3.05) is 43.5 Å². The standard InChI is InChI=1S/C19H19Cl2N3O3/c20-16-6-5-15(11-17(16)21)23-18(25)12-22-14-3-1-13(2-4-14)19(26)24-7-9-27-10-8-24/h1-6,11,22H,7-10,12H2,(H,23,25). The Labute approximate surface area is 167 Å². The highest BCUT2D eigenvalue weighted by Gasteiger charge is 2.18. The fourth-order valence-electron chi connectivity index (χ4n) is 2.64. The number of halogens is 2. The Morgan fingerprint density at radius 2 is 1.63 bits per heavy atom. The lowest BCUT2D eigenvalue weighted by Crippen LogP contribution is -2.40. The summed E-state index contributed by atoms with van der Waals surface area (Å²) < 4.78 is 5.26. The summed E-state index contributed by atoms with van der Waals surface area (Å²) in [4.78, 5) is 26.2. The van der Waals surface area contributed by atoms with Crippen molar-refractivity contribution in [2.45, 2.75) is 0 Å². The first-order valence-electron chi connectivity index (χ1n) is 8.49. The molecule has 142 valence electrons. The number of benzene rings is 2. The van der Waals surface area contributed by atoms with Crippen molar-refractivity contribution in [1.29, 1.82) is 0 Å². The molecule has 1 saturated heterocycles. The van der Waals surface area contributed by atoms with Crippen LogP contribution in [0.4, 0.5) is 11.4 Å². The number of hydrogen-bond acceptors (Lipinski definition) is 4. The summed E-state index contributed by atoms with van der Waals surface area (Å²) in [6.45, 7) is 2.43. The van der Waals surface area contributed by atoms with Crippen LogP contribution in [0.15, 0.2) is 42.5 Å². The third-order valence-corrected chi connectivity index (χ3v) is 4.83. The molecule has 1 aliphatic rings. The van der Waals surface area contributed by atoms with Gasteiger partial charge in [0, 0.05) is 30.0 Å². The van der Waals surface area contributed by atoms with Crippen LogP contribution in [0.1, 0.15) is 10.4 Å². The molecule has 1 aliphatic heterocycles. The Morgan fingerprint density at radius 3 is 2.30 bits per heavy atom. The molecule has 1 heterocycles. The molecule has 6 nitrogen and oxygen atoms in total. The molecule has 2 amide bonds. The second kappa shape index (κ2) is 9.08. The predicted molar refractivity (Wildman–Crippen MR) is 107 cm³/mol. The van der Waals surface area contributed by atoms with Gasteiger partial charge in [-0.1, -0.05) is 23.2 Å². The third kappa shape index (κ3) is 5.35. The van der Waals surface area contributed by atoms with Gasteiger partial charge < -0.3 is 20.3 Å². The van der Waals surface area contributed by atoms with Crippen molar-refractivity contribution < 1.29 is 14.3 Å². The first kappa shape index (κ1) is 19.5. The van der Waals surface area contributed by atoms with E-state index in [-0.39, 0.29) is 18.4 Å². The summed E-state index contributed by atoms with van der Waals surface area (Å²) in [6, 6.07) is 11.9. The number of rotatable bonds is 5. The largest absolute Gasteiger partial charge is 0.378 e. The van der Waals surface area contributed by atoms with Gasteiger partial charge in [-0.15, -0.1) is 0 Å². The first-order chi connectivity index (χ1) is 13.0. The second-order valence-electron chi connectivity index (χ2n) is 6.01. The molecular weight excluding hydrogens is 389 g/mol. The lowest BCUT2D eigenvalue weighted by atomic mass is 10.1. The van der Waals surface area contributed by atoms with Crippen molar-refractivity contribution >= 4 is 46.4 Å². The van der Waals surface area contributed by atoms with E-state index in [0.717, 1.165) is 5.69 Å². The van der Waals surface area contributed by atoms with Crippen molar-refractivity contribution in [3.63, 3.8) is 0 Å². The minimum Gasteiger partial charge on any atom is -0.378 e. The molecule has 2 aromatic carbocycles. The molecule has 1 fully saturated rings. The van der Waals surface area contributed by atoms with E-state index < -0.39 is 0 Å². The minimum atomic E-state index is -0.221. The van der Waals surface area contributed by atoms with Gasteiger partial charge in [0.15, 0.2) is 0 Å². The highest BCUT2D eigenvalue weighted by Crippen LogP contribution is 2.25. The van der Waals surface area contributed by atoms with Crippen LogP contribution in [0, 0.1) is 0 Å². The van der Waals surface area contributed by atoms with Gasteiger partial charge in [0.2, 0.25) is 5.91 Å². The molecule has 0 unspecified atom stereocenters. The molecule has 0 aliphatic carbocycles. The SMILES string of the molecule is O=C(CNc1ccc(C(=O)N2CCOCC2)cc1)Nc1ccc(Cl)c(Cl)c1. The second-order valence-corrected chi connectivity index (χ2v) is 6.83. The van der Waals surface area contributed by atoms with Crippen molar-refractivity contribution in [3.8, 4) is 0 Å². The van der Waals surface area contributed by atoms with Crippen molar-refractivity contribution in [1.82, 2.24) is 4.90 Å². The van der Waals surface area contributed by atoms with Crippen LogP contribution in [0.25, 0.3) is 0 Å². The highest BCUT2D eigenvalue weighted by molar-refractivity contribution is 6.42. The van der Waals surface area contributed by atoms with E-state index in [1.54, 1.807) is 47.4 Å². The van der Waals surface area contributed by atoms with Crippen LogP contribution >= 0.6 is 23.2 Å². The molecule has 0 spiro atoms. The fourth-order valence-corrected chi connectivity index (χ4v) is 2.94. The number of nitrogens with one attached hydrogen (secondary N) is 2. The van der Waals surface area contributed by atoms with Crippen LogP contribution in [0.2, 0.25) is 10.0 Å². The van der Waals surface area contributed by atoms with Gasteiger partial charge in [-0.3, -0.25) is 9.59 Å². The average molecular weight is 408 g/mol. The van der Waals surface area contributed by atoms with Gasteiger partial charge in [-0.05, 0) is 42.5 Å². The molecule has 0 atom stereocenters. The van der Waals surface area contributed by atoms with E-state index in [1.165, 1.54) is 0 Å². The maximum absolute atomic E-state index is 12.4. The lowest BCUT2D eigenvalue weighted by molar-refractivity contribution is -0.114. The zero-order valence-electron chi connectivity index (χ0n) is 14.5. The van der Waals surface area contributed by atoms with Gasteiger partial charge in [0.25, 0.3) is 5.91 Å². The van der Waals surface area contributed by atoms with Crippen LogP contribution in [-0.4, -0.2) is 49.6 Å². The lowest BCUT2D eigenvalue weighted by Gasteiger charge is -2.26. The third-order valence-electron chi connectivity index (χ3n) is 4.09. The molecule has 3 rings (SSSR count). The number of carbonyl (C=O) groups excluding carboxylic acids is 2. The number of amides is 2. The van der Waals surface area contributed by atoms with Gasteiger partial charge in [0.05, 0.1) is 29.8 Å². The first-order valence-corrected chi connectivity index (χ1v) is 9.24. The molecular formula is C19H19Cl2N3O3. The summed E-state index contributed by atoms with van der Waals surface area (Å²) in [6.07, 6.45) is 0. The Morgan fingerprint density at radius 1 is 0.963 bits per heavy atom.